The molecule has 4 nitrogen and oxygen atoms in total. The van der Waals surface area contributed by atoms with Crippen LogP contribution in [-0.2, 0) is 13.1 Å². The molecule has 0 amide bonds. The predicted octanol–water partition coefficient (Wildman–Crippen LogP) is 3.07. The number of nitrogens with two attached hydrogens (primary N) is 1. The topological polar surface area (TPSA) is 47.1 Å². The van der Waals surface area contributed by atoms with E-state index in [0.29, 0.717) is 6.04 Å². The molecule has 20 heavy (non-hydrogen) atoms. The summed E-state index contributed by atoms with van der Waals surface area (Å²) >= 11 is 0. The SMILES string of the molecule is CCN(Cc1cccc(N)c1)Cc1ccn(C(C)C)n1. The zero-order valence-electron chi connectivity index (χ0n) is 12.6. The monoisotopic (exact) mass is 272 g/mol. The van der Waals surface area contributed by atoms with Crippen molar-refractivity contribution in [1.29, 1.82) is 0 Å². The van der Waals surface area contributed by atoms with Crippen LogP contribution in [0.2, 0.25) is 0 Å². The van der Waals surface area contributed by atoms with Gasteiger partial charge in [-0.15, -0.1) is 0 Å². The van der Waals surface area contributed by atoms with Gasteiger partial charge in [0.05, 0.1) is 5.69 Å². The molecule has 1 heterocycles. The third kappa shape index (κ3) is 3.84. The molecule has 2 aromatic rings. The van der Waals surface area contributed by atoms with Crippen LogP contribution in [-0.4, -0.2) is 21.2 Å². The molecule has 108 valence electrons. The fraction of sp³-hybridized carbons (Fsp3) is 0.438. The standard InChI is InChI=1S/C16H24N4/c1-4-19(11-14-6-5-7-15(17)10-14)12-16-8-9-20(18-16)13(2)3/h5-10,13H,4,11-12,17H2,1-3H3. The van der Waals surface area contributed by atoms with Crippen molar-refractivity contribution >= 4 is 5.69 Å². The maximum Gasteiger partial charge on any atom is 0.0765 e. The Morgan fingerprint density at radius 3 is 2.65 bits per heavy atom. The maximum absolute atomic E-state index is 5.83. The van der Waals surface area contributed by atoms with Crippen molar-refractivity contribution in [3.8, 4) is 0 Å². The van der Waals surface area contributed by atoms with E-state index < -0.39 is 0 Å². The molecule has 0 fully saturated rings. The van der Waals surface area contributed by atoms with Gasteiger partial charge in [-0.3, -0.25) is 9.58 Å². The summed E-state index contributed by atoms with van der Waals surface area (Å²) < 4.78 is 2.00. The Balaban J connectivity index is 2.01. The smallest absolute Gasteiger partial charge is 0.0765 e. The third-order valence-electron chi connectivity index (χ3n) is 3.38. The lowest BCUT2D eigenvalue weighted by Crippen LogP contribution is -2.22. The zero-order valence-corrected chi connectivity index (χ0v) is 12.6. The van der Waals surface area contributed by atoms with Gasteiger partial charge < -0.3 is 5.73 Å². The number of hydrogen-bond donors (Lipinski definition) is 1. The van der Waals surface area contributed by atoms with Crippen LogP contribution in [0, 0.1) is 0 Å². The highest BCUT2D eigenvalue weighted by Gasteiger charge is 2.08. The lowest BCUT2D eigenvalue weighted by molar-refractivity contribution is 0.266. The number of anilines is 1. The molecule has 1 aromatic heterocycles. The van der Waals surface area contributed by atoms with Crippen LogP contribution < -0.4 is 5.73 Å². The second-order valence-electron chi connectivity index (χ2n) is 5.43. The minimum Gasteiger partial charge on any atom is -0.399 e. The summed E-state index contributed by atoms with van der Waals surface area (Å²) in [6.07, 6.45) is 2.05. The van der Waals surface area contributed by atoms with Crippen molar-refractivity contribution in [2.75, 3.05) is 12.3 Å². The number of benzene rings is 1. The van der Waals surface area contributed by atoms with Gasteiger partial charge in [0, 0.05) is 31.0 Å². The minimum absolute atomic E-state index is 0.410. The van der Waals surface area contributed by atoms with E-state index in [-0.39, 0.29) is 0 Å². The van der Waals surface area contributed by atoms with Crippen LogP contribution in [0.5, 0.6) is 0 Å². The van der Waals surface area contributed by atoms with Gasteiger partial charge >= 0.3 is 0 Å². The first-order valence-electron chi connectivity index (χ1n) is 7.19. The molecule has 0 aliphatic rings. The van der Waals surface area contributed by atoms with E-state index in [1.54, 1.807) is 0 Å². The van der Waals surface area contributed by atoms with Crippen LogP contribution in [0.4, 0.5) is 5.69 Å². The van der Waals surface area contributed by atoms with E-state index in [1.165, 1.54) is 5.56 Å². The largest absolute Gasteiger partial charge is 0.399 e. The normalized spacial score (nSPS) is 11.4. The Morgan fingerprint density at radius 1 is 1.25 bits per heavy atom. The molecule has 0 aliphatic heterocycles. The highest BCUT2D eigenvalue weighted by atomic mass is 15.3. The molecular formula is C16H24N4. The van der Waals surface area contributed by atoms with Gasteiger partial charge in [0.25, 0.3) is 0 Å². The summed E-state index contributed by atoms with van der Waals surface area (Å²) in [5.74, 6) is 0. The summed E-state index contributed by atoms with van der Waals surface area (Å²) in [5.41, 5.74) is 9.01. The van der Waals surface area contributed by atoms with E-state index in [4.69, 9.17) is 5.73 Å². The Kier molecular flexibility index (Phi) is 4.79. The average molecular weight is 272 g/mol. The predicted molar refractivity (Wildman–Crippen MR) is 83.3 cm³/mol. The first-order chi connectivity index (χ1) is 9.58. The summed E-state index contributed by atoms with van der Waals surface area (Å²) in [6.45, 7) is 9.21. The molecule has 0 radical (unpaired) electrons. The fourth-order valence-electron chi connectivity index (χ4n) is 2.21. The highest BCUT2D eigenvalue weighted by molar-refractivity contribution is 5.40. The first-order valence-corrected chi connectivity index (χ1v) is 7.19. The summed E-state index contributed by atoms with van der Waals surface area (Å²) in [6, 6.07) is 10.6. The summed E-state index contributed by atoms with van der Waals surface area (Å²) in [4.78, 5) is 2.36. The van der Waals surface area contributed by atoms with E-state index in [0.717, 1.165) is 31.0 Å². The maximum atomic E-state index is 5.83. The van der Waals surface area contributed by atoms with Gasteiger partial charge in [0.1, 0.15) is 0 Å². The Hall–Kier alpha value is -1.81. The Labute approximate surface area is 121 Å². The lowest BCUT2D eigenvalue weighted by atomic mass is 10.2. The van der Waals surface area contributed by atoms with Gasteiger partial charge in [0.15, 0.2) is 0 Å². The molecule has 0 aliphatic carbocycles. The van der Waals surface area contributed by atoms with Gasteiger partial charge in [0.2, 0.25) is 0 Å². The van der Waals surface area contributed by atoms with E-state index >= 15 is 0 Å². The molecule has 2 N–H and O–H groups in total. The number of nitrogens with zero attached hydrogens (tertiary/aromatic N) is 3. The zero-order chi connectivity index (χ0) is 14.5. The van der Waals surface area contributed by atoms with Crippen molar-refractivity contribution in [1.82, 2.24) is 14.7 Å². The van der Waals surface area contributed by atoms with Crippen LogP contribution >= 0.6 is 0 Å². The summed E-state index contributed by atoms with van der Waals surface area (Å²) in [7, 11) is 0. The van der Waals surface area contributed by atoms with Gasteiger partial charge in [-0.25, -0.2) is 0 Å². The van der Waals surface area contributed by atoms with Crippen molar-refractivity contribution in [2.45, 2.75) is 39.9 Å². The molecule has 0 bridgehead atoms. The van der Waals surface area contributed by atoms with Crippen LogP contribution in [0.1, 0.15) is 38.1 Å². The van der Waals surface area contributed by atoms with Crippen molar-refractivity contribution in [2.24, 2.45) is 0 Å². The molecule has 4 heteroatoms. The highest BCUT2D eigenvalue weighted by Crippen LogP contribution is 2.12. The van der Waals surface area contributed by atoms with Crippen LogP contribution in [0.25, 0.3) is 0 Å². The summed E-state index contributed by atoms with van der Waals surface area (Å²) in [5, 5.41) is 4.61. The molecule has 2 rings (SSSR count). The van der Waals surface area contributed by atoms with Crippen LogP contribution in [0.3, 0.4) is 0 Å². The first kappa shape index (κ1) is 14.6. The second kappa shape index (κ2) is 6.57. The van der Waals surface area contributed by atoms with Gasteiger partial charge in [-0.2, -0.15) is 5.10 Å². The van der Waals surface area contributed by atoms with E-state index in [9.17, 15) is 0 Å². The van der Waals surface area contributed by atoms with Crippen LogP contribution in [0.15, 0.2) is 36.5 Å². The van der Waals surface area contributed by atoms with Crippen molar-refractivity contribution in [3.63, 3.8) is 0 Å². The number of hydrogen-bond acceptors (Lipinski definition) is 3. The van der Waals surface area contributed by atoms with Gasteiger partial charge in [-0.1, -0.05) is 19.1 Å². The molecule has 0 atom stereocenters. The molecule has 0 unspecified atom stereocenters. The lowest BCUT2D eigenvalue weighted by Gasteiger charge is -2.19. The number of rotatable bonds is 6. The average Bonchev–Trinajstić information content (AvgIpc) is 2.87. The second-order valence-corrected chi connectivity index (χ2v) is 5.43. The molecule has 1 aromatic carbocycles. The molecular weight excluding hydrogens is 248 g/mol. The molecule has 0 saturated heterocycles. The number of nitrogen functional groups attached to an aromatic ring is 1. The molecule has 0 saturated carbocycles. The van der Waals surface area contributed by atoms with Crippen molar-refractivity contribution < 1.29 is 0 Å². The Morgan fingerprint density at radius 2 is 2.05 bits per heavy atom. The van der Waals surface area contributed by atoms with E-state index in [2.05, 4.69) is 42.9 Å². The number of aromatic nitrogens is 2. The van der Waals surface area contributed by atoms with Crippen molar-refractivity contribution in [3.05, 3.63) is 47.8 Å². The third-order valence-corrected chi connectivity index (χ3v) is 3.38. The molecule has 0 spiro atoms. The van der Waals surface area contributed by atoms with Gasteiger partial charge in [-0.05, 0) is 44.2 Å². The Bertz CT molecular complexity index is 545. The minimum atomic E-state index is 0.410. The fourth-order valence-corrected chi connectivity index (χ4v) is 2.21. The van der Waals surface area contributed by atoms with E-state index in [1.807, 2.05) is 29.1 Å². The quantitative estimate of drug-likeness (QED) is 0.822.